The predicted octanol–water partition coefficient (Wildman–Crippen LogP) is 2.94. The van der Waals surface area contributed by atoms with Crippen LogP contribution in [0.4, 0.5) is 0 Å². The molecule has 0 aliphatic rings. The van der Waals surface area contributed by atoms with Gasteiger partial charge in [0.05, 0.1) is 5.69 Å². The lowest BCUT2D eigenvalue weighted by molar-refractivity contribution is 0.784. The summed E-state index contributed by atoms with van der Waals surface area (Å²) in [7, 11) is 2.01. The molecule has 12 heavy (non-hydrogen) atoms. The van der Waals surface area contributed by atoms with E-state index in [1.807, 2.05) is 32.4 Å². The molecule has 2 nitrogen and oxygen atoms in total. The van der Waals surface area contributed by atoms with Gasteiger partial charge in [-0.25, -0.2) is 4.98 Å². The van der Waals surface area contributed by atoms with Crippen molar-refractivity contribution < 1.29 is 0 Å². The minimum Gasteiger partial charge on any atom is -0.322 e. The van der Waals surface area contributed by atoms with Crippen molar-refractivity contribution in [2.24, 2.45) is 7.05 Å². The van der Waals surface area contributed by atoms with E-state index in [0.717, 1.165) is 15.5 Å². The molecule has 0 fully saturated rings. The van der Waals surface area contributed by atoms with Crippen LogP contribution in [0.2, 0.25) is 0 Å². The lowest BCUT2D eigenvalue weighted by Crippen LogP contribution is -1.92. The fraction of sp³-hybridized carbons (Fsp3) is 0.375. The van der Waals surface area contributed by atoms with Gasteiger partial charge in [-0.1, -0.05) is 17.8 Å². The monoisotopic (exact) mass is 246 g/mol. The second kappa shape index (κ2) is 4.14. The van der Waals surface area contributed by atoms with Crippen LogP contribution in [-0.2, 0) is 7.05 Å². The van der Waals surface area contributed by atoms with Crippen molar-refractivity contribution in [3.63, 3.8) is 0 Å². The quantitative estimate of drug-likeness (QED) is 0.748. The number of hydrogen-bond acceptors (Lipinski definition) is 2. The summed E-state index contributed by atoms with van der Waals surface area (Å²) in [6.45, 7) is 2.00. The van der Waals surface area contributed by atoms with Gasteiger partial charge in [-0.2, -0.15) is 0 Å². The Morgan fingerprint density at radius 3 is 2.67 bits per heavy atom. The molecule has 4 heteroatoms. The smallest absolute Gasteiger partial charge is 0.169 e. The van der Waals surface area contributed by atoms with Crippen molar-refractivity contribution in [1.82, 2.24) is 9.55 Å². The SMILES string of the molecule is C/C=C/c1c(Br)nc(SC)n1C. The van der Waals surface area contributed by atoms with Crippen molar-refractivity contribution in [3.8, 4) is 0 Å². The third-order valence-corrected chi connectivity index (χ3v) is 2.87. The van der Waals surface area contributed by atoms with E-state index >= 15 is 0 Å². The summed E-state index contributed by atoms with van der Waals surface area (Å²) in [6.07, 6.45) is 6.07. The zero-order valence-corrected chi connectivity index (χ0v) is 9.74. The fourth-order valence-corrected chi connectivity index (χ4v) is 2.22. The summed E-state index contributed by atoms with van der Waals surface area (Å²) >= 11 is 5.06. The molecule has 0 aliphatic heterocycles. The zero-order chi connectivity index (χ0) is 9.14. The van der Waals surface area contributed by atoms with Gasteiger partial charge in [0.1, 0.15) is 4.60 Å². The maximum absolute atomic E-state index is 4.34. The van der Waals surface area contributed by atoms with Crippen LogP contribution < -0.4 is 0 Å². The predicted molar refractivity (Wildman–Crippen MR) is 57.4 cm³/mol. The molecular weight excluding hydrogens is 236 g/mol. The van der Waals surface area contributed by atoms with E-state index in [1.54, 1.807) is 11.8 Å². The van der Waals surface area contributed by atoms with E-state index in [-0.39, 0.29) is 0 Å². The number of thioether (sulfide) groups is 1. The summed E-state index contributed by atoms with van der Waals surface area (Å²) in [4.78, 5) is 4.34. The van der Waals surface area contributed by atoms with Gasteiger partial charge < -0.3 is 4.57 Å². The minimum atomic E-state index is 0.910. The minimum absolute atomic E-state index is 0.910. The first-order chi connectivity index (χ1) is 5.70. The normalized spacial score (nSPS) is 11.3. The molecule has 0 aliphatic carbocycles. The standard InChI is InChI=1S/C8H11BrN2S/c1-4-5-6-7(9)10-8(12-3)11(6)2/h4-5H,1-3H3/b5-4+. The second-order valence-corrected chi connectivity index (χ2v) is 3.86. The molecule has 0 saturated heterocycles. The van der Waals surface area contributed by atoms with E-state index in [4.69, 9.17) is 0 Å². The van der Waals surface area contributed by atoms with E-state index in [1.165, 1.54) is 0 Å². The lowest BCUT2D eigenvalue weighted by Gasteiger charge is -1.98. The summed E-state index contributed by atoms with van der Waals surface area (Å²) in [5.74, 6) is 0. The molecule has 0 N–H and O–H groups in total. The molecule has 0 radical (unpaired) electrons. The average molecular weight is 247 g/mol. The molecule has 1 rings (SSSR count). The van der Waals surface area contributed by atoms with Crippen molar-refractivity contribution in [3.05, 3.63) is 16.4 Å². The van der Waals surface area contributed by atoms with Crippen LogP contribution in [0.25, 0.3) is 6.08 Å². The Morgan fingerprint density at radius 1 is 1.58 bits per heavy atom. The van der Waals surface area contributed by atoms with Crippen LogP contribution >= 0.6 is 27.7 Å². The summed E-state index contributed by atoms with van der Waals surface area (Å²) in [6, 6.07) is 0. The molecule has 1 heterocycles. The molecule has 0 unspecified atom stereocenters. The van der Waals surface area contributed by atoms with Crippen molar-refractivity contribution >= 4 is 33.8 Å². The Kier molecular flexibility index (Phi) is 3.40. The molecule has 0 spiro atoms. The highest BCUT2D eigenvalue weighted by Crippen LogP contribution is 2.23. The number of imidazole rings is 1. The van der Waals surface area contributed by atoms with Crippen LogP contribution in [0.5, 0.6) is 0 Å². The molecular formula is C8H11BrN2S. The van der Waals surface area contributed by atoms with Gasteiger partial charge >= 0.3 is 0 Å². The topological polar surface area (TPSA) is 17.8 Å². The molecule has 0 bridgehead atoms. The van der Waals surface area contributed by atoms with Gasteiger partial charge in [0.25, 0.3) is 0 Å². The lowest BCUT2D eigenvalue weighted by atomic mass is 10.4. The van der Waals surface area contributed by atoms with Crippen molar-refractivity contribution in [1.29, 1.82) is 0 Å². The third-order valence-electron chi connectivity index (χ3n) is 1.56. The highest BCUT2D eigenvalue weighted by molar-refractivity contribution is 9.10. The maximum atomic E-state index is 4.34. The largest absolute Gasteiger partial charge is 0.322 e. The average Bonchev–Trinajstić information content (AvgIpc) is 2.32. The van der Waals surface area contributed by atoms with Gasteiger partial charge in [-0.3, -0.25) is 0 Å². The highest BCUT2D eigenvalue weighted by atomic mass is 79.9. The van der Waals surface area contributed by atoms with Gasteiger partial charge in [0.15, 0.2) is 5.16 Å². The Labute approximate surface area is 85.2 Å². The number of allylic oxidation sites excluding steroid dienone is 1. The van der Waals surface area contributed by atoms with E-state index < -0.39 is 0 Å². The second-order valence-electron chi connectivity index (χ2n) is 2.33. The van der Waals surface area contributed by atoms with Gasteiger partial charge in [0.2, 0.25) is 0 Å². The van der Waals surface area contributed by atoms with Crippen LogP contribution in [-0.4, -0.2) is 15.8 Å². The van der Waals surface area contributed by atoms with Gasteiger partial charge in [0, 0.05) is 7.05 Å². The van der Waals surface area contributed by atoms with Crippen molar-refractivity contribution in [2.45, 2.75) is 12.1 Å². The van der Waals surface area contributed by atoms with E-state index in [2.05, 4.69) is 25.5 Å². The maximum Gasteiger partial charge on any atom is 0.169 e. The van der Waals surface area contributed by atoms with Gasteiger partial charge in [-0.15, -0.1) is 0 Å². The molecule has 0 amide bonds. The first kappa shape index (κ1) is 9.86. The van der Waals surface area contributed by atoms with Crippen LogP contribution in [0.1, 0.15) is 12.6 Å². The Bertz CT molecular complexity index is 304. The van der Waals surface area contributed by atoms with Crippen LogP contribution in [0.15, 0.2) is 15.8 Å². The molecule has 0 atom stereocenters. The zero-order valence-electron chi connectivity index (χ0n) is 7.34. The molecule has 0 saturated carbocycles. The number of halogens is 1. The number of aromatic nitrogens is 2. The Hall–Kier alpha value is -0.220. The molecule has 1 aromatic rings. The summed E-state index contributed by atoms with van der Waals surface area (Å²) in [5.41, 5.74) is 1.11. The first-order valence-corrected chi connectivity index (χ1v) is 5.61. The molecule has 1 aromatic heterocycles. The van der Waals surface area contributed by atoms with Crippen LogP contribution in [0.3, 0.4) is 0 Å². The highest BCUT2D eigenvalue weighted by Gasteiger charge is 2.08. The number of hydrogen-bond donors (Lipinski definition) is 0. The molecule has 0 aromatic carbocycles. The summed E-state index contributed by atoms with van der Waals surface area (Å²) < 4.78 is 2.97. The van der Waals surface area contributed by atoms with Crippen LogP contribution in [0, 0.1) is 0 Å². The first-order valence-electron chi connectivity index (χ1n) is 3.59. The molecule has 66 valence electrons. The third kappa shape index (κ3) is 1.75. The van der Waals surface area contributed by atoms with E-state index in [0.29, 0.717) is 0 Å². The van der Waals surface area contributed by atoms with Crippen molar-refractivity contribution in [2.75, 3.05) is 6.26 Å². The number of nitrogens with zero attached hydrogens (tertiary/aromatic N) is 2. The Balaban J connectivity index is 3.18. The Morgan fingerprint density at radius 2 is 2.25 bits per heavy atom. The van der Waals surface area contributed by atoms with Gasteiger partial charge in [-0.05, 0) is 35.2 Å². The number of rotatable bonds is 2. The van der Waals surface area contributed by atoms with E-state index in [9.17, 15) is 0 Å². The summed E-state index contributed by atoms with van der Waals surface area (Å²) in [5, 5.41) is 1.02. The fourth-order valence-electron chi connectivity index (χ4n) is 0.979.